The van der Waals surface area contributed by atoms with Crippen LogP contribution in [0.25, 0.3) is 0 Å². The monoisotopic (exact) mass is 203 g/mol. The summed E-state index contributed by atoms with van der Waals surface area (Å²) in [6.07, 6.45) is -0.567. The van der Waals surface area contributed by atoms with Crippen LogP contribution in [0.1, 0.15) is 34.1 Å². The van der Waals surface area contributed by atoms with Crippen molar-refractivity contribution in [3.8, 4) is 0 Å². The number of nitrogens with two attached hydrogens (primary N) is 1. The van der Waals surface area contributed by atoms with E-state index in [0.29, 0.717) is 6.42 Å². The third kappa shape index (κ3) is 3.20. The summed E-state index contributed by atoms with van der Waals surface area (Å²) >= 11 is 0. The van der Waals surface area contributed by atoms with Crippen LogP contribution in [0.2, 0.25) is 0 Å². The molecule has 4 atom stereocenters. The van der Waals surface area contributed by atoms with Gasteiger partial charge in [0.05, 0.1) is 23.9 Å². The molecule has 0 aromatic carbocycles. The average molecular weight is 203 g/mol. The molecule has 14 heavy (non-hydrogen) atoms. The Balaban J connectivity index is 2.53. The van der Waals surface area contributed by atoms with Gasteiger partial charge in [-0.3, -0.25) is 0 Å². The molecule has 1 aliphatic heterocycles. The minimum atomic E-state index is -0.482. The second-order valence-corrected chi connectivity index (χ2v) is 4.91. The van der Waals surface area contributed by atoms with E-state index in [4.69, 9.17) is 15.2 Å². The van der Waals surface area contributed by atoms with E-state index in [1.54, 1.807) is 0 Å². The Morgan fingerprint density at radius 2 is 2.00 bits per heavy atom. The number of rotatable bonds is 1. The largest absolute Gasteiger partial charge is 0.390 e. The van der Waals surface area contributed by atoms with Crippen LogP contribution in [0, 0.1) is 0 Å². The van der Waals surface area contributed by atoms with Gasteiger partial charge in [0.2, 0.25) is 0 Å². The van der Waals surface area contributed by atoms with Crippen LogP contribution in [0.4, 0.5) is 0 Å². The predicted molar refractivity (Wildman–Crippen MR) is 53.8 cm³/mol. The Kier molecular flexibility index (Phi) is 3.53. The number of aliphatic hydroxyl groups excluding tert-OH is 1. The van der Waals surface area contributed by atoms with Gasteiger partial charge in [-0.2, -0.15) is 0 Å². The number of hydrogen-bond acceptors (Lipinski definition) is 4. The molecule has 0 bridgehead atoms. The van der Waals surface area contributed by atoms with Gasteiger partial charge >= 0.3 is 0 Å². The van der Waals surface area contributed by atoms with Gasteiger partial charge in [0.15, 0.2) is 6.29 Å². The van der Waals surface area contributed by atoms with Gasteiger partial charge in [-0.15, -0.1) is 0 Å². The van der Waals surface area contributed by atoms with Crippen LogP contribution >= 0.6 is 0 Å². The molecule has 1 rings (SSSR count). The van der Waals surface area contributed by atoms with Gasteiger partial charge in [0, 0.05) is 0 Å². The van der Waals surface area contributed by atoms with Crippen LogP contribution in [-0.4, -0.2) is 35.2 Å². The zero-order valence-corrected chi connectivity index (χ0v) is 9.36. The summed E-state index contributed by atoms with van der Waals surface area (Å²) < 4.78 is 11.1. The Labute approximate surface area is 85.4 Å². The lowest BCUT2D eigenvalue weighted by Crippen LogP contribution is -2.53. The molecule has 0 aromatic rings. The molecule has 1 saturated heterocycles. The van der Waals surface area contributed by atoms with E-state index in [1.165, 1.54) is 0 Å². The van der Waals surface area contributed by atoms with Gasteiger partial charge in [0.25, 0.3) is 0 Å². The van der Waals surface area contributed by atoms with Crippen molar-refractivity contribution >= 4 is 0 Å². The molecule has 3 N–H and O–H groups in total. The first-order valence-electron chi connectivity index (χ1n) is 5.06. The Bertz CT molecular complexity index is 190. The lowest BCUT2D eigenvalue weighted by Gasteiger charge is -2.39. The van der Waals surface area contributed by atoms with Crippen LogP contribution in [0.15, 0.2) is 0 Å². The summed E-state index contributed by atoms with van der Waals surface area (Å²) in [6.45, 7) is 7.70. The second kappa shape index (κ2) is 4.14. The van der Waals surface area contributed by atoms with E-state index in [0.717, 1.165) is 0 Å². The van der Waals surface area contributed by atoms with E-state index in [-0.39, 0.29) is 17.7 Å². The van der Waals surface area contributed by atoms with Crippen LogP contribution < -0.4 is 5.73 Å². The fraction of sp³-hybridized carbons (Fsp3) is 1.00. The minimum absolute atomic E-state index is 0.206. The first kappa shape index (κ1) is 11.9. The molecular formula is C10H21NO3. The summed E-state index contributed by atoms with van der Waals surface area (Å²) in [5, 5.41) is 9.50. The molecule has 1 heterocycles. The van der Waals surface area contributed by atoms with E-state index >= 15 is 0 Å². The van der Waals surface area contributed by atoms with E-state index < -0.39 is 12.4 Å². The molecule has 0 amide bonds. The average Bonchev–Trinajstić information content (AvgIpc) is 1.97. The SMILES string of the molecule is CC1O[C@H](OC(C)(C)C)C(N)C[C@@H]1O. The van der Waals surface area contributed by atoms with Gasteiger partial charge in [-0.05, 0) is 34.1 Å². The molecular weight excluding hydrogens is 182 g/mol. The fourth-order valence-corrected chi connectivity index (χ4v) is 1.45. The Morgan fingerprint density at radius 1 is 1.43 bits per heavy atom. The highest BCUT2D eigenvalue weighted by Crippen LogP contribution is 2.23. The first-order valence-corrected chi connectivity index (χ1v) is 5.06. The molecule has 84 valence electrons. The second-order valence-electron chi connectivity index (χ2n) is 4.91. The summed E-state index contributed by atoms with van der Waals surface area (Å²) in [7, 11) is 0. The maximum atomic E-state index is 9.50. The summed E-state index contributed by atoms with van der Waals surface area (Å²) in [5.41, 5.74) is 5.56. The van der Waals surface area contributed by atoms with Crippen molar-refractivity contribution in [1.29, 1.82) is 0 Å². The minimum Gasteiger partial charge on any atom is -0.390 e. The highest BCUT2D eigenvalue weighted by atomic mass is 16.7. The van der Waals surface area contributed by atoms with Gasteiger partial charge in [-0.25, -0.2) is 0 Å². The van der Waals surface area contributed by atoms with Crippen molar-refractivity contribution in [2.75, 3.05) is 0 Å². The topological polar surface area (TPSA) is 64.7 Å². The number of hydrogen-bond donors (Lipinski definition) is 2. The molecule has 1 fully saturated rings. The predicted octanol–water partition coefficient (Wildman–Crippen LogP) is 0.625. The molecule has 4 heteroatoms. The van der Waals surface area contributed by atoms with Crippen LogP contribution in [0.5, 0.6) is 0 Å². The maximum Gasteiger partial charge on any atom is 0.173 e. The molecule has 4 nitrogen and oxygen atoms in total. The van der Waals surface area contributed by atoms with Crippen molar-refractivity contribution in [3.05, 3.63) is 0 Å². The smallest absolute Gasteiger partial charge is 0.173 e. The zero-order valence-electron chi connectivity index (χ0n) is 9.36. The van der Waals surface area contributed by atoms with Crippen molar-refractivity contribution < 1.29 is 14.6 Å². The molecule has 0 radical (unpaired) electrons. The van der Waals surface area contributed by atoms with E-state index in [1.807, 2.05) is 27.7 Å². The molecule has 0 aromatic heterocycles. The highest BCUT2D eigenvalue weighted by Gasteiger charge is 2.35. The molecule has 0 saturated carbocycles. The molecule has 2 unspecified atom stereocenters. The van der Waals surface area contributed by atoms with Crippen molar-refractivity contribution in [1.82, 2.24) is 0 Å². The Morgan fingerprint density at radius 3 is 2.50 bits per heavy atom. The number of ether oxygens (including phenoxy) is 2. The molecule has 0 spiro atoms. The first-order chi connectivity index (χ1) is 6.29. The normalized spacial score (nSPS) is 39.9. The third-order valence-corrected chi connectivity index (χ3v) is 2.22. The highest BCUT2D eigenvalue weighted by molar-refractivity contribution is 4.82. The van der Waals surface area contributed by atoms with Gasteiger partial charge in [0.1, 0.15) is 0 Å². The van der Waals surface area contributed by atoms with Gasteiger partial charge < -0.3 is 20.3 Å². The summed E-state index contributed by atoms with van der Waals surface area (Å²) in [5.74, 6) is 0. The standard InChI is InChI=1S/C10H21NO3/c1-6-8(12)5-7(11)9(13-6)14-10(2,3)4/h6-9,12H,5,11H2,1-4H3/t6?,7?,8-,9+/m0/s1. The lowest BCUT2D eigenvalue weighted by atomic mass is 10.0. The van der Waals surface area contributed by atoms with Crippen LogP contribution in [-0.2, 0) is 9.47 Å². The van der Waals surface area contributed by atoms with Gasteiger partial charge in [-0.1, -0.05) is 0 Å². The van der Waals surface area contributed by atoms with Crippen molar-refractivity contribution in [2.24, 2.45) is 5.73 Å². The van der Waals surface area contributed by atoms with Crippen molar-refractivity contribution in [2.45, 2.75) is 64.3 Å². The maximum absolute atomic E-state index is 9.50. The van der Waals surface area contributed by atoms with E-state index in [9.17, 15) is 5.11 Å². The molecule has 0 aliphatic carbocycles. The number of aliphatic hydroxyl groups is 1. The summed E-state index contributed by atoms with van der Waals surface area (Å²) in [4.78, 5) is 0. The third-order valence-electron chi connectivity index (χ3n) is 2.22. The van der Waals surface area contributed by atoms with Crippen molar-refractivity contribution in [3.63, 3.8) is 0 Å². The quantitative estimate of drug-likeness (QED) is 0.656. The van der Waals surface area contributed by atoms with Crippen LogP contribution in [0.3, 0.4) is 0 Å². The zero-order chi connectivity index (χ0) is 10.9. The Hall–Kier alpha value is -0.160. The van der Waals surface area contributed by atoms with E-state index in [2.05, 4.69) is 0 Å². The molecule has 1 aliphatic rings. The fourth-order valence-electron chi connectivity index (χ4n) is 1.45. The lowest BCUT2D eigenvalue weighted by molar-refractivity contribution is -0.257. The summed E-state index contributed by atoms with van der Waals surface area (Å²) in [6, 6.07) is -0.250.